The molecule has 0 atom stereocenters. The molecule has 2 aromatic carbocycles. The number of nitrogens with zero attached hydrogens (tertiary/aromatic N) is 3. The van der Waals surface area contributed by atoms with E-state index in [2.05, 4.69) is 46.2 Å². The molecule has 10 heteroatoms. The summed E-state index contributed by atoms with van der Waals surface area (Å²) in [4.78, 5) is 13.2. The van der Waals surface area contributed by atoms with Crippen molar-refractivity contribution in [2.45, 2.75) is 11.8 Å². The molecule has 0 fully saturated rings. The van der Waals surface area contributed by atoms with E-state index in [4.69, 9.17) is 0 Å². The first-order valence-corrected chi connectivity index (χ1v) is 11.8. The van der Waals surface area contributed by atoms with Crippen LogP contribution in [0.15, 0.2) is 88.4 Å². The molecule has 3 N–H and O–H groups in total. The molecule has 2 heterocycles. The maximum Gasteiger partial charge on any atom is 0.263 e. The van der Waals surface area contributed by atoms with Crippen LogP contribution in [0.3, 0.4) is 0 Å². The third kappa shape index (κ3) is 5.40. The van der Waals surface area contributed by atoms with Gasteiger partial charge in [0.1, 0.15) is 28.2 Å². The van der Waals surface area contributed by atoms with Gasteiger partial charge >= 0.3 is 0 Å². The third-order valence-electron chi connectivity index (χ3n) is 4.29. The highest BCUT2D eigenvalue weighted by molar-refractivity contribution is 9.10. The molecule has 0 aliphatic heterocycles. The van der Waals surface area contributed by atoms with Gasteiger partial charge in [0.25, 0.3) is 10.0 Å². The van der Waals surface area contributed by atoms with E-state index in [1.807, 2.05) is 18.2 Å². The van der Waals surface area contributed by atoms with Gasteiger partial charge in [0.2, 0.25) is 0 Å². The van der Waals surface area contributed by atoms with Crippen LogP contribution in [0.25, 0.3) is 0 Å². The molecule has 162 valence electrons. The van der Waals surface area contributed by atoms with Crippen molar-refractivity contribution >= 4 is 54.8 Å². The molecule has 0 radical (unpaired) electrons. The topological polar surface area (TPSA) is 109 Å². The highest BCUT2D eigenvalue weighted by atomic mass is 79.9. The van der Waals surface area contributed by atoms with Gasteiger partial charge in [-0.15, -0.1) is 0 Å². The van der Waals surface area contributed by atoms with Crippen LogP contribution in [-0.4, -0.2) is 23.4 Å². The minimum atomic E-state index is -3.71. The van der Waals surface area contributed by atoms with Crippen molar-refractivity contribution in [3.05, 3.63) is 89.3 Å². The number of anilines is 5. The molecule has 2 aromatic heterocycles. The van der Waals surface area contributed by atoms with Gasteiger partial charge in [0.15, 0.2) is 0 Å². The summed E-state index contributed by atoms with van der Waals surface area (Å²) in [5.41, 5.74) is 1.19. The van der Waals surface area contributed by atoms with Crippen molar-refractivity contribution in [2.24, 2.45) is 0 Å². The van der Waals surface area contributed by atoms with Crippen LogP contribution in [0.1, 0.15) is 5.82 Å². The molecule has 32 heavy (non-hydrogen) atoms. The van der Waals surface area contributed by atoms with E-state index in [9.17, 15) is 8.42 Å². The number of benzene rings is 2. The van der Waals surface area contributed by atoms with Gasteiger partial charge in [0, 0.05) is 28.1 Å². The van der Waals surface area contributed by atoms with Crippen molar-refractivity contribution in [3.8, 4) is 0 Å². The van der Waals surface area contributed by atoms with E-state index >= 15 is 0 Å². The fourth-order valence-electron chi connectivity index (χ4n) is 2.91. The van der Waals surface area contributed by atoms with Crippen LogP contribution in [0.2, 0.25) is 0 Å². The first kappa shape index (κ1) is 21.7. The van der Waals surface area contributed by atoms with Gasteiger partial charge in [0.05, 0.1) is 0 Å². The van der Waals surface area contributed by atoms with Crippen LogP contribution in [0, 0.1) is 6.92 Å². The smallest absolute Gasteiger partial charge is 0.263 e. The minimum Gasteiger partial charge on any atom is -0.340 e. The van der Waals surface area contributed by atoms with Crippen LogP contribution >= 0.6 is 15.9 Å². The second kappa shape index (κ2) is 9.33. The Morgan fingerprint density at radius 3 is 2.12 bits per heavy atom. The Balaban J connectivity index is 1.48. The Hall–Kier alpha value is -3.50. The zero-order valence-electron chi connectivity index (χ0n) is 16.9. The molecule has 0 saturated heterocycles. The maximum atomic E-state index is 12.6. The van der Waals surface area contributed by atoms with E-state index < -0.39 is 10.0 Å². The molecule has 0 spiro atoms. The van der Waals surface area contributed by atoms with Gasteiger partial charge < -0.3 is 10.6 Å². The summed E-state index contributed by atoms with van der Waals surface area (Å²) in [6.07, 6.45) is 1.70. The van der Waals surface area contributed by atoms with Gasteiger partial charge in [-0.1, -0.05) is 18.2 Å². The van der Waals surface area contributed by atoms with Crippen LogP contribution in [-0.2, 0) is 10.0 Å². The van der Waals surface area contributed by atoms with E-state index in [0.717, 1.165) is 5.69 Å². The fraction of sp³-hybridized carbons (Fsp3) is 0.0455. The van der Waals surface area contributed by atoms with Crippen LogP contribution in [0.5, 0.6) is 0 Å². The molecular formula is C22H19BrN6O2S. The highest BCUT2D eigenvalue weighted by Gasteiger charge is 2.17. The number of halogens is 1. The highest BCUT2D eigenvalue weighted by Crippen LogP contribution is 2.25. The van der Waals surface area contributed by atoms with Crippen molar-refractivity contribution in [3.63, 3.8) is 0 Å². The zero-order valence-corrected chi connectivity index (χ0v) is 19.4. The Morgan fingerprint density at radius 2 is 1.44 bits per heavy atom. The van der Waals surface area contributed by atoms with E-state index in [1.165, 1.54) is 6.07 Å². The largest absolute Gasteiger partial charge is 0.340 e. The van der Waals surface area contributed by atoms with Crippen molar-refractivity contribution in [1.82, 2.24) is 15.0 Å². The molecule has 4 rings (SSSR count). The summed E-state index contributed by atoms with van der Waals surface area (Å²) >= 11 is 3.28. The van der Waals surface area contributed by atoms with Gasteiger partial charge in [-0.05, 0) is 71.4 Å². The van der Waals surface area contributed by atoms with E-state index in [1.54, 1.807) is 61.7 Å². The molecule has 0 aliphatic carbocycles. The average Bonchev–Trinajstić information content (AvgIpc) is 2.75. The number of sulfonamides is 1. The second-order valence-corrected chi connectivity index (χ2v) is 9.27. The average molecular weight is 511 g/mol. The predicted molar refractivity (Wildman–Crippen MR) is 129 cm³/mol. The molecule has 4 aromatic rings. The first-order valence-electron chi connectivity index (χ1n) is 9.57. The quantitative estimate of drug-likeness (QED) is 0.312. The summed E-state index contributed by atoms with van der Waals surface area (Å²) in [5.74, 6) is 2.47. The zero-order chi connectivity index (χ0) is 22.6. The number of aromatic nitrogens is 3. The number of rotatable bonds is 7. The third-order valence-corrected chi connectivity index (χ3v) is 6.69. The van der Waals surface area contributed by atoms with Crippen LogP contribution in [0.4, 0.5) is 28.8 Å². The number of hydrogen-bond donors (Lipinski definition) is 3. The van der Waals surface area contributed by atoms with E-state index in [0.29, 0.717) is 33.4 Å². The predicted octanol–water partition coefficient (Wildman–Crippen LogP) is 5.23. The molecule has 8 nitrogen and oxygen atoms in total. The lowest BCUT2D eigenvalue weighted by Crippen LogP contribution is -2.13. The van der Waals surface area contributed by atoms with Crippen LogP contribution < -0.4 is 15.4 Å². The number of hydrogen-bond acceptors (Lipinski definition) is 7. The number of nitrogens with one attached hydrogen (secondary N) is 3. The number of aryl methyl sites for hydroxylation is 1. The minimum absolute atomic E-state index is 0.173. The second-order valence-electron chi connectivity index (χ2n) is 6.76. The monoisotopic (exact) mass is 510 g/mol. The first-order chi connectivity index (χ1) is 15.4. The summed E-state index contributed by atoms with van der Waals surface area (Å²) in [7, 11) is -3.71. The van der Waals surface area contributed by atoms with Gasteiger partial charge in [-0.3, -0.25) is 4.72 Å². The van der Waals surface area contributed by atoms with Gasteiger partial charge in [-0.25, -0.2) is 23.4 Å². The standard InChI is InChI=1S/C22H19BrN6O2S/c1-15-25-21(14-22(26-15)28-20-8-4-5-13-24-20)27-16-9-11-17(12-10-16)29-32(30,31)19-7-3-2-6-18(19)23/h2-14,29H,1H3,(H2,24,25,26,27,28). The lowest BCUT2D eigenvalue weighted by atomic mass is 10.3. The molecule has 0 saturated carbocycles. The molecular weight excluding hydrogens is 492 g/mol. The Kier molecular flexibility index (Phi) is 6.33. The molecule has 0 aliphatic rings. The van der Waals surface area contributed by atoms with Crippen molar-refractivity contribution in [1.29, 1.82) is 0 Å². The van der Waals surface area contributed by atoms with Crippen molar-refractivity contribution in [2.75, 3.05) is 15.4 Å². The maximum absolute atomic E-state index is 12.6. The molecule has 0 amide bonds. The Morgan fingerprint density at radius 1 is 0.781 bits per heavy atom. The normalized spacial score (nSPS) is 11.1. The van der Waals surface area contributed by atoms with E-state index in [-0.39, 0.29) is 4.90 Å². The fourth-order valence-corrected chi connectivity index (χ4v) is 4.97. The summed E-state index contributed by atoms with van der Waals surface area (Å²) in [6, 6.07) is 20.9. The lowest BCUT2D eigenvalue weighted by Gasteiger charge is -2.12. The number of pyridine rings is 1. The summed E-state index contributed by atoms with van der Waals surface area (Å²) in [6.45, 7) is 1.80. The Bertz CT molecular complexity index is 1330. The summed E-state index contributed by atoms with van der Waals surface area (Å²) < 4.78 is 28.4. The lowest BCUT2D eigenvalue weighted by molar-refractivity contribution is 0.601. The summed E-state index contributed by atoms with van der Waals surface area (Å²) in [5, 5.41) is 6.35. The van der Waals surface area contributed by atoms with Crippen molar-refractivity contribution < 1.29 is 8.42 Å². The molecule has 0 unspecified atom stereocenters. The SMILES string of the molecule is Cc1nc(Nc2ccc(NS(=O)(=O)c3ccccc3Br)cc2)cc(Nc2ccccn2)n1. The molecule has 0 bridgehead atoms. The Labute approximate surface area is 194 Å². The van der Waals surface area contributed by atoms with Gasteiger partial charge in [-0.2, -0.15) is 0 Å².